The Bertz CT molecular complexity index is 707. The summed E-state index contributed by atoms with van der Waals surface area (Å²) in [5, 5.41) is 10.8. The summed E-state index contributed by atoms with van der Waals surface area (Å²) in [4.78, 5) is 1.40. The molecule has 0 atom stereocenters. The van der Waals surface area contributed by atoms with Crippen molar-refractivity contribution in [2.45, 2.75) is 4.90 Å². The van der Waals surface area contributed by atoms with Crippen LogP contribution in [0.1, 0.15) is 5.56 Å². The molecule has 10 heteroatoms. The molecule has 0 amide bonds. The molecule has 1 aromatic heterocycles. The molecule has 0 radical (unpaired) electrons. The number of rotatable bonds is 4. The minimum atomic E-state index is -3.75. The molecule has 2 rings (SSSR count). The summed E-state index contributed by atoms with van der Waals surface area (Å²) in [6.45, 7) is 0. The fraction of sp³-hybridized carbons (Fsp3) is 0.111. The number of aryl methyl sites for hydroxylation is 1. The van der Waals surface area contributed by atoms with Crippen LogP contribution in [0, 0.1) is 0 Å². The van der Waals surface area contributed by atoms with Crippen molar-refractivity contribution in [2.75, 3.05) is 4.72 Å². The van der Waals surface area contributed by atoms with Crippen LogP contribution in [0.3, 0.4) is 0 Å². The van der Waals surface area contributed by atoms with Crippen LogP contribution in [0.2, 0.25) is 0 Å². The van der Waals surface area contributed by atoms with Crippen LogP contribution in [0.25, 0.3) is 0 Å². The smallest absolute Gasteiger partial charge is 0.277 e. The van der Waals surface area contributed by atoms with Gasteiger partial charge in [-0.15, -0.1) is 5.10 Å². The molecule has 0 aliphatic heterocycles. The van der Waals surface area contributed by atoms with Gasteiger partial charge in [-0.3, -0.25) is 0 Å². The van der Waals surface area contributed by atoms with Gasteiger partial charge in [0.15, 0.2) is 0 Å². The van der Waals surface area contributed by atoms with Crippen molar-refractivity contribution in [2.24, 2.45) is 12.8 Å². The summed E-state index contributed by atoms with van der Waals surface area (Å²) in [6, 6.07) is 5.85. The van der Waals surface area contributed by atoms with Crippen molar-refractivity contribution in [3.05, 3.63) is 29.8 Å². The minimum absolute atomic E-state index is 0.0555. The summed E-state index contributed by atoms with van der Waals surface area (Å²) < 4.78 is 26.2. The highest BCUT2D eigenvalue weighted by molar-refractivity contribution is 7.92. The molecule has 1 aromatic carbocycles. The first-order chi connectivity index (χ1) is 8.88. The number of benzene rings is 1. The first-order valence-electron chi connectivity index (χ1n) is 5.05. The molecule has 0 aliphatic carbocycles. The lowest BCUT2D eigenvalue weighted by Crippen LogP contribution is -2.15. The highest BCUT2D eigenvalue weighted by Crippen LogP contribution is 2.13. The van der Waals surface area contributed by atoms with Crippen LogP contribution in [0.5, 0.6) is 0 Å². The average Bonchev–Trinajstić information content (AvgIpc) is 2.74. The molecule has 2 aromatic rings. The van der Waals surface area contributed by atoms with E-state index >= 15 is 0 Å². The summed E-state index contributed by atoms with van der Waals surface area (Å²) >= 11 is 4.79. The van der Waals surface area contributed by atoms with Crippen LogP contribution < -0.4 is 10.5 Å². The first kappa shape index (κ1) is 13.4. The number of aromatic nitrogens is 4. The lowest BCUT2D eigenvalue weighted by Gasteiger charge is -2.05. The summed E-state index contributed by atoms with van der Waals surface area (Å²) in [5.74, 6) is -0.0964. The lowest BCUT2D eigenvalue weighted by atomic mass is 10.2. The van der Waals surface area contributed by atoms with Crippen molar-refractivity contribution in [1.29, 1.82) is 0 Å². The van der Waals surface area contributed by atoms with Gasteiger partial charge in [0.2, 0.25) is 0 Å². The Hall–Kier alpha value is -2.07. The van der Waals surface area contributed by atoms with Gasteiger partial charge >= 0.3 is 0 Å². The quantitative estimate of drug-likeness (QED) is 0.741. The molecule has 0 unspecified atom stereocenters. The molecule has 0 saturated carbocycles. The molecule has 0 saturated heterocycles. The molecule has 19 heavy (non-hydrogen) atoms. The maximum absolute atomic E-state index is 12.0. The molecule has 0 bridgehead atoms. The summed E-state index contributed by atoms with van der Waals surface area (Å²) in [5.41, 5.74) is 6.02. The average molecular weight is 298 g/mol. The Labute approximate surface area is 114 Å². The molecule has 0 spiro atoms. The van der Waals surface area contributed by atoms with E-state index in [4.69, 9.17) is 18.0 Å². The van der Waals surface area contributed by atoms with E-state index < -0.39 is 10.0 Å². The van der Waals surface area contributed by atoms with Gasteiger partial charge in [-0.1, -0.05) is 29.4 Å². The Morgan fingerprint density at radius 1 is 1.37 bits per heavy atom. The highest BCUT2D eigenvalue weighted by Gasteiger charge is 2.16. The van der Waals surface area contributed by atoms with Crippen LogP contribution in [0.4, 0.5) is 5.95 Å². The van der Waals surface area contributed by atoms with Crippen molar-refractivity contribution < 1.29 is 8.42 Å². The second-order valence-electron chi connectivity index (χ2n) is 3.60. The Morgan fingerprint density at radius 3 is 2.47 bits per heavy atom. The largest absolute Gasteiger partial charge is 0.389 e. The number of nitrogens with two attached hydrogens (primary N) is 1. The van der Waals surface area contributed by atoms with Crippen molar-refractivity contribution >= 4 is 33.2 Å². The predicted octanol–water partition coefficient (Wildman–Crippen LogP) is -0.355. The van der Waals surface area contributed by atoms with Gasteiger partial charge in [-0.25, -0.2) is 13.1 Å². The zero-order chi connectivity index (χ0) is 14.0. The highest BCUT2D eigenvalue weighted by atomic mass is 32.2. The SMILES string of the molecule is Cn1nnc(NS(=O)(=O)c2ccc(C(N)=S)cc2)n1. The van der Waals surface area contributed by atoms with Crippen molar-refractivity contribution in [1.82, 2.24) is 20.2 Å². The van der Waals surface area contributed by atoms with Crippen LogP contribution in [-0.4, -0.2) is 33.6 Å². The van der Waals surface area contributed by atoms with Crippen molar-refractivity contribution in [3.63, 3.8) is 0 Å². The zero-order valence-corrected chi connectivity index (χ0v) is 11.4. The lowest BCUT2D eigenvalue weighted by molar-refractivity contribution is 0.600. The van der Waals surface area contributed by atoms with Crippen LogP contribution in [0.15, 0.2) is 29.2 Å². The van der Waals surface area contributed by atoms with Gasteiger partial charge in [-0.2, -0.15) is 4.80 Å². The molecule has 3 N–H and O–H groups in total. The van der Waals surface area contributed by atoms with Gasteiger partial charge in [0.25, 0.3) is 16.0 Å². The maximum atomic E-state index is 12.0. The second-order valence-corrected chi connectivity index (χ2v) is 5.72. The number of hydrogen-bond acceptors (Lipinski definition) is 6. The van der Waals surface area contributed by atoms with E-state index in [1.54, 1.807) is 0 Å². The number of sulfonamides is 1. The zero-order valence-electron chi connectivity index (χ0n) is 9.81. The Morgan fingerprint density at radius 2 is 2.00 bits per heavy atom. The Balaban J connectivity index is 2.26. The maximum Gasteiger partial charge on any atom is 0.277 e. The number of anilines is 1. The standard InChI is InChI=1S/C9H10N6O2S2/c1-15-12-9(11-14-15)13-19(16,17)7-4-2-6(3-5-7)8(10)18/h2-5H,1H3,(H2,10,18)(H,12,13). The van der Waals surface area contributed by atoms with Gasteiger partial charge in [0.1, 0.15) is 4.99 Å². The Kier molecular flexibility index (Phi) is 3.44. The summed E-state index contributed by atoms with van der Waals surface area (Å²) in [6.07, 6.45) is 0. The monoisotopic (exact) mass is 298 g/mol. The molecule has 0 aliphatic rings. The molecule has 1 heterocycles. The minimum Gasteiger partial charge on any atom is -0.389 e. The van der Waals surface area contributed by atoms with Gasteiger partial charge < -0.3 is 5.73 Å². The van der Waals surface area contributed by atoms with E-state index in [9.17, 15) is 8.42 Å². The van der Waals surface area contributed by atoms with Crippen LogP contribution >= 0.6 is 12.2 Å². The second kappa shape index (κ2) is 4.90. The normalized spacial score (nSPS) is 11.2. The molecular formula is C9H10N6O2S2. The number of hydrogen-bond donors (Lipinski definition) is 2. The van der Waals surface area contributed by atoms with E-state index in [-0.39, 0.29) is 15.8 Å². The number of nitrogens with one attached hydrogen (secondary N) is 1. The van der Waals surface area contributed by atoms with Gasteiger partial charge in [-0.05, 0) is 17.3 Å². The molecule has 100 valence electrons. The van der Waals surface area contributed by atoms with E-state index in [1.807, 2.05) is 0 Å². The third kappa shape index (κ3) is 3.03. The third-order valence-electron chi connectivity index (χ3n) is 2.18. The molecular weight excluding hydrogens is 288 g/mol. The molecule has 0 fully saturated rings. The summed E-state index contributed by atoms with van der Waals surface area (Å²) in [7, 11) is -2.23. The van der Waals surface area contributed by atoms with E-state index in [1.165, 1.54) is 31.3 Å². The first-order valence-corrected chi connectivity index (χ1v) is 6.94. The van der Waals surface area contributed by atoms with Gasteiger partial charge in [0, 0.05) is 5.56 Å². The number of thiocarbonyl (C=S) groups is 1. The predicted molar refractivity (Wildman–Crippen MR) is 71.9 cm³/mol. The van der Waals surface area contributed by atoms with Crippen LogP contribution in [-0.2, 0) is 17.1 Å². The topological polar surface area (TPSA) is 116 Å². The van der Waals surface area contributed by atoms with Crippen molar-refractivity contribution in [3.8, 4) is 0 Å². The third-order valence-corrected chi connectivity index (χ3v) is 3.76. The number of tetrazole rings is 1. The fourth-order valence-corrected chi connectivity index (χ4v) is 2.37. The van der Waals surface area contributed by atoms with E-state index in [2.05, 4.69) is 20.1 Å². The van der Waals surface area contributed by atoms with Gasteiger partial charge in [0.05, 0.1) is 11.9 Å². The number of nitrogens with zero attached hydrogens (tertiary/aromatic N) is 4. The van der Waals surface area contributed by atoms with E-state index in [0.717, 1.165) is 4.80 Å². The van der Waals surface area contributed by atoms with E-state index in [0.29, 0.717) is 5.56 Å². The molecule has 8 nitrogen and oxygen atoms in total. The fourth-order valence-electron chi connectivity index (χ4n) is 1.30.